The molecule has 2 amide bonds. The first-order valence-electron chi connectivity index (χ1n) is 7.15. The number of rotatable bonds is 6. The molecule has 1 atom stereocenters. The Balaban J connectivity index is 1.79. The lowest BCUT2D eigenvalue weighted by Gasteiger charge is -2.14. The minimum Gasteiger partial charge on any atom is -0.387 e. The van der Waals surface area contributed by atoms with Crippen molar-refractivity contribution in [1.82, 2.24) is 10.6 Å². The molecule has 0 fully saturated rings. The van der Waals surface area contributed by atoms with Gasteiger partial charge in [-0.3, -0.25) is 10.1 Å². The molecule has 2 aromatic rings. The third-order valence-electron chi connectivity index (χ3n) is 3.32. The minimum absolute atomic E-state index is 0.00827. The predicted molar refractivity (Wildman–Crippen MR) is 89.7 cm³/mol. The fourth-order valence-electron chi connectivity index (χ4n) is 2.03. The monoisotopic (exact) mass is 349 g/mol. The topological polar surface area (TPSA) is 104 Å². The molecule has 0 saturated carbocycles. The summed E-state index contributed by atoms with van der Waals surface area (Å²) in [4.78, 5) is 21.8. The number of nitro groups is 1. The zero-order valence-corrected chi connectivity index (χ0v) is 13.4. The number of nitrogens with zero attached hydrogens (tertiary/aromatic N) is 1. The van der Waals surface area contributed by atoms with Gasteiger partial charge in [0.15, 0.2) is 0 Å². The highest BCUT2D eigenvalue weighted by molar-refractivity contribution is 6.31. The van der Waals surface area contributed by atoms with Gasteiger partial charge in [0, 0.05) is 35.8 Å². The van der Waals surface area contributed by atoms with Crippen molar-refractivity contribution in [2.75, 3.05) is 6.54 Å². The number of carbonyl (C=O) groups is 1. The van der Waals surface area contributed by atoms with E-state index >= 15 is 0 Å². The standard InChI is InChI=1S/C16H16ClN3O4/c17-14-4-2-1-3-13(14)15(21)10-19-16(22)18-9-11-5-7-12(8-6-11)20(23)24/h1-8,15,21H,9-10H2,(H2,18,19,22). The molecule has 2 rings (SSSR count). The molecule has 0 spiro atoms. The van der Waals surface area contributed by atoms with Crippen LogP contribution in [0.5, 0.6) is 0 Å². The van der Waals surface area contributed by atoms with Crippen molar-refractivity contribution < 1.29 is 14.8 Å². The number of aliphatic hydroxyl groups is 1. The first-order valence-corrected chi connectivity index (χ1v) is 7.52. The summed E-state index contributed by atoms with van der Waals surface area (Å²) >= 11 is 5.97. The Hall–Kier alpha value is -2.64. The Kier molecular flexibility index (Phi) is 6.11. The maximum atomic E-state index is 11.7. The quantitative estimate of drug-likeness (QED) is 0.551. The molecule has 1 unspecified atom stereocenters. The van der Waals surface area contributed by atoms with Crippen LogP contribution in [-0.2, 0) is 6.54 Å². The van der Waals surface area contributed by atoms with Crippen LogP contribution in [0.25, 0.3) is 0 Å². The van der Waals surface area contributed by atoms with Crippen LogP contribution in [0.1, 0.15) is 17.2 Å². The molecule has 0 aliphatic carbocycles. The van der Waals surface area contributed by atoms with E-state index in [2.05, 4.69) is 10.6 Å². The zero-order valence-electron chi connectivity index (χ0n) is 12.6. The van der Waals surface area contributed by atoms with Gasteiger partial charge in [0.2, 0.25) is 0 Å². The summed E-state index contributed by atoms with van der Waals surface area (Å²) in [5.74, 6) is 0. The van der Waals surface area contributed by atoms with Gasteiger partial charge in [-0.25, -0.2) is 4.79 Å². The lowest BCUT2D eigenvalue weighted by molar-refractivity contribution is -0.384. The Morgan fingerprint density at radius 2 is 1.83 bits per heavy atom. The van der Waals surface area contributed by atoms with Gasteiger partial charge < -0.3 is 15.7 Å². The molecule has 8 heteroatoms. The van der Waals surface area contributed by atoms with Gasteiger partial charge >= 0.3 is 6.03 Å². The first-order chi connectivity index (χ1) is 11.5. The molecule has 0 aliphatic heterocycles. The van der Waals surface area contributed by atoms with Crippen molar-refractivity contribution in [2.45, 2.75) is 12.6 Å². The van der Waals surface area contributed by atoms with Crippen LogP contribution < -0.4 is 10.6 Å². The molecule has 126 valence electrons. The van der Waals surface area contributed by atoms with Crippen molar-refractivity contribution in [3.8, 4) is 0 Å². The highest BCUT2D eigenvalue weighted by Crippen LogP contribution is 2.21. The molecule has 24 heavy (non-hydrogen) atoms. The summed E-state index contributed by atoms with van der Waals surface area (Å²) in [5, 5.41) is 26.2. The van der Waals surface area contributed by atoms with Gasteiger partial charge in [-0.1, -0.05) is 41.9 Å². The highest BCUT2D eigenvalue weighted by Gasteiger charge is 2.12. The Morgan fingerprint density at radius 1 is 1.17 bits per heavy atom. The molecule has 0 radical (unpaired) electrons. The first kappa shape index (κ1) is 17.7. The predicted octanol–water partition coefficient (Wildman–Crippen LogP) is 2.78. The molecule has 3 N–H and O–H groups in total. The van der Waals surface area contributed by atoms with Gasteiger partial charge in [0.05, 0.1) is 11.0 Å². The minimum atomic E-state index is -0.913. The van der Waals surface area contributed by atoms with Gasteiger partial charge in [-0.2, -0.15) is 0 Å². The Morgan fingerprint density at radius 3 is 2.46 bits per heavy atom. The van der Waals surface area contributed by atoms with Crippen LogP contribution in [0.4, 0.5) is 10.5 Å². The molecule has 0 aliphatic rings. The molecule has 0 aromatic heterocycles. The number of halogens is 1. The summed E-state index contributed by atoms with van der Waals surface area (Å²) in [7, 11) is 0. The fraction of sp³-hybridized carbons (Fsp3) is 0.188. The Labute approximate surface area is 143 Å². The molecule has 0 saturated heterocycles. The number of benzene rings is 2. The van der Waals surface area contributed by atoms with Crippen LogP contribution in [-0.4, -0.2) is 22.6 Å². The van der Waals surface area contributed by atoms with Gasteiger partial charge in [-0.05, 0) is 11.6 Å². The van der Waals surface area contributed by atoms with Crippen LogP contribution in [0.15, 0.2) is 48.5 Å². The van der Waals surface area contributed by atoms with E-state index in [4.69, 9.17) is 11.6 Å². The van der Waals surface area contributed by atoms with Crippen LogP contribution in [0.3, 0.4) is 0 Å². The average Bonchev–Trinajstić information content (AvgIpc) is 2.58. The van der Waals surface area contributed by atoms with Gasteiger partial charge in [0.25, 0.3) is 5.69 Å². The van der Waals surface area contributed by atoms with Crippen molar-refractivity contribution in [2.24, 2.45) is 0 Å². The maximum absolute atomic E-state index is 11.7. The van der Waals surface area contributed by atoms with Crippen LogP contribution in [0, 0.1) is 10.1 Å². The fourth-order valence-corrected chi connectivity index (χ4v) is 2.29. The van der Waals surface area contributed by atoms with E-state index in [9.17, 15) is 20.0 Å². The maximum Gasteiger partial charge on any atom is 0.315 e. The number of nitro benzene ring substituents is 1. The van der Waals surface area contributed by atoms with E-state index < -0.39 is 17.1 Å². The lowest BCUT2D eigenvalue weighted by Crippen LogP contribution is -2.37. The van der Waals surface area contributed by atoms with E-state index in [1.165, 1.54) is 12.1 Å². The molecule has 0 bridgehead atoms. The summed E-state index contributed by atoms with van der Waals surface area (Å²) in [6.07, 6.45) is -0.913. The molecule has 7 nitrogen and oxygen atoms in total. The number of carbonyl (C=O) groups excluding carboxylic acids is 1. The Bertz CT molecular complexity index is 722. The number of hydrogen-bond donors (Lipinski definition) is 3. The summed E-state index contributed by atoms with van der Waals surface area (Å²) in [6, 6.07) is 12.3. The number of non-ortho nitro benzene ring substituents is 1. The van der Waals surface area contributed by atoms with Crippen molar-refractivity contribution in [3.63, 3.8) is 0 Å². The van der Waals surface area contributed by atoms with Crippen molar-refractivity contribution in [1.29, 1.82) is 0 Å². The third-order valence-corrected chi connectivity index (χ3v) is 3.66. The second-order valence-electron chi connectivity index (χ2n) is 5.02. The highest BCUT2D eigenvalue weighted by atomic mass is 35.5. The molecular weight excluding hydrogens is 334 g/mol. The number of aliphatic hydroxyl groups excluding tert-OH is 1. The summed E-state index contributed by atoms with van der Waals surface area (Å²) in [5.41, 5.74) is 1.25. The van der Waals surface area contributed by atoms with Crippen LogP contribution >= 0.6 is 11.6 Å². The van der Waals surface area contributed by atoms with E-state index in [1.807, 2.05) is 0 Å². The zero-order chi connectivity index (χ0) is 17.5. The number of amides is 2. The van der Waals surface area contributed by atoms with Gasteiger partial charge in [-0.15, -0.1) is 0 Å². The van der Waals surface area contributed by atoms with Gasteiger partial charge in [0.1, 0.15) is 0 Å². The van der Waals surface area contributed by atoms with Crippen molar-refractivity contribution in [3.05, 3.63) is 74.8 Å². The lowest BCUT2D eigenvalue weighted by atomic mass is 10.1. The normalized spacial score (nSPS) is 11.6. The number of nitrogens with one attached hydrogen (secondary N) is 2. The largest absolute Gasteiger partial charge is 0.387 e. The second-order valence-corrected chi connectivity index (χ2v) is 5.43. The summed E-state index contributed by atoms with van der Waals surface area (Å²) < 4.78 is 0. The van der Waals surface area contributed by atoms with E-state index in [-0.39, 0.29) is 18.8 Å². The number of hydrogen-bond acceptors (Lipinski definition) is 4. The molecule has 0 heterocycles. The molecule has 2 aromatic carbocycles. The SMILES string of the molecule is O=C(NCc1ccc([N+](=O)[O-])cc1)NCC(O)c1ccccc1Cl. The smallest absolute Gasteiger partial charge is 0.315 e. The summed E-state index contributed by atoms with van der Waals surface area (Å²) in [6.45, 7) is 0.224. The van der Waals surface area contributed by atoms with E-state index in [1.54, 1.807) is 36.4 Å². The van der Waals surface area contributed by atoms with E-state index in [0.29, 0.717) is 10.6 Å². The number of urea groups is 1. The third kappa shape index (κ3) is 4.94. The van der Waals surface area contributed by atoms with Crippen LogP contribution in [0.2, 0.25) is 5.02 Å². The van der Waals surface area contributed by atoms with Crippen molar-refractivity contribution >= 4 is 23.3 Å². The second kappa shape index (κ2) is 8.28. The van der Waals surface area contributed by atoms with E-state index in [0.717, 1.165) is 5.56 Å². The average molecular weight is 350 g/mol. The molecular formula is C16H16ClN3O4.